The number of ether oxygens (including phenoxy) is 3. The number of benzene rings is 1. The van der Waals surface area contributed by atoms with Crippen LogP contribution < -0.4 is 10.1 Å². The second kappa shape index (κ2) is 9.27. The topological polar surface area (TPSA) is 97.3 Å². The van der Waals surface area contributed by atoms with Crippen LogP contribution in [0.2, 0.25) is 0 Å². The maximum absolute atomic E-state index is 12.6. The molecule has 2 N–H and O–H groups in total. The van der Waals surface area contributed by atoms with Crippen molar-refractivity contribution in [2.75, 3.05) is 33.5 Å². The number of allylic oxidation sites excluding steroid dienone is 1. The van der Waals surface area contributed by atoms with Crippen LogP contribution in [0.5, 0.6) is 11.5 Å². The minimum absolute atomic E-state index is 0.0113. The number of rotatable bonds is 8. The lowest BCUT2D eigenvalue weighted by Gasteiger charge is -2.35. The average Bonchev–Trinajstić information content (AvgIpc) is 2.63. The van der Waals surface area contributed by atoms with Gasteiger partial charge in [0.1, 0.15) is 0 Å². The number of phenols is 1. The number of amides is 2. The number of carbonyl (C=O) groups is 2. The molecule has 1 atom stereocenters. The number of hydrogen-bond acceptors (Lipinski definition) is 6. The monoisotopic (exact) mass is 378 g/mol. The summed E-state index contributed by atoms with van der Waals surface area (Å²) in [6, 6.07) is 3.67. The van der Waals surface area contributed by atoms with Crippen LogP contribution in [0.25, 0.3) is 0 Å². The molecule has 8 heteroatoms. The number of hydrogen-bond donors (Lipinski definition) is 2. The van der Waals surface area contributed by atoms with Gasteiger partial charge in [0.05, 0.1) is 38.0 Å². The highest BCUT2D eigenvalue weighted by Crippen LogP contribution is 2.35. The first-order valence-electron chi connectivity index (χ1n) is 8.85. The van der Waals surface area contributed by atoms with E-state index in [0.717, 1.165) is 0 Å². The molecular weight excluding hydrogens is 352 g/mol. The average molecular weight is 378 g/mol. The summed E-state index contributed by atoms with van der Waals surface area (Å²) in [5.74, 6) is -0.233. The van der Waals surface area contributed by atoms with E-state index < -0.39 is 12.0 Å². The highest BCUT2D eigenvalue weighted by atomic mass is 16.5. The van der Waals surface area contributed by atoms with E-state index in [2.05, 4.69) is 5.32 Å². The van der Waals surface area contributed by atoms with Gasteiger partial charge < -0.3 is 24.6 Å². The van der Waals surface area contributed by atoms with Gasteiger partial charge in [0.15, 0.2) is 11.5 Å². The Bertz CT molecular complexity index is 731. The van der Waals surface area contributed by atoms with Gasteiger partial charge in [0.25, 0.3) is 0 Å². The molecule has 0 radical (unpaired) electrons. The molecule has 0 saturated carbocycles. The largest absolute Gasteiger partial charge is 0.504 e. The van der Waals surface area contributed by atoms with Gasteiger partial charge in [0, 0.05) is 12.8 Å². The molecule has 0 spiro atoms. The van der Waals surface area contributed by atoms with Crippen molar-refractivity contribution in [1.82, 2.24) is 10.2 Å². The van der Waals surface area contributed by atoms with Gasteiger partial charge in [-0.3, -0.25) is 4.90 Å². The van der Waals surface area contributed by atoms with Crippen LogP contribution in [-0.2, 0) is 14.3 Å². The highest BCUT2D eigenvalue weighted by molar-refractivity contribution is 5.95. The van der Waals surface area contributed by atoms with Crippen molar-refractivity contribution in [2.24, 2.45) is 0 Å². The van der Waals surface area contributed by atoms with Crippen molar-refractivity contribution < 1.29 is 28.9 Å². The van der Waals surface area contributed by atoms with E-state index in [9.17, 15) is 14.7 Å². The first-order chi connectivity index (χ1) is 12.9. The Kier molecular flexibility index (Phi) is 7.06. The molecule has 2 rings (SSSR count). The summed E-state index contributed by atoms with van der Waals surface area (Å²) >= 11 is 0. The van der Waals surface area contributed by atoms with Crippen LogP contribution in [0.4, 0.5) is 4.79 Å². The van der Waals surface area contributed by atoms with Gasteiger partial charge in [-0.15, -0.1) is 0 Å². The third-order valence-corrected chi connectivity index (χ3v) is 4.23. The Labute approximate surface area is 158 Å². The summed E-state index contributed by atoms with van der Waals surface area (Å²) in [6.07, 6.45) is 0. The van der Waals surface area contributed by atoms with E-state index in [-0.39, 0.29) is 24.1 Å². The SMILES string of the molecule is CCOC(=O)C1=C(C)N(CCOC)C(=O)NC1c1ccc(O)c(OCC)c1. The van der Waals surface area contributed by atoms with E-state index in [1.807, 2.05) is 0 Å². The standard InChI is InChI=1S/C19H26N2O6/c1-5-26-15-11-13(7-8-14(15)22)17-16(18(23)27-6-2)12(3)21(9-10-25-4)19(24)20-17/h7-8,11,17,22H,5-6,9-10H2,1-4H3,(H,20,24). The van der Waals surface area contributed by atoms with Crippen LogP contribution >= 0.6 is 0 Å². The fourth-order valence-electron chi connectivity index (χ4n) is 2.94. The van der Waals surface area contributed by atoms with E-state index >= 15 is 0 Å². The molecule has 1 unspecified atom stereocenters. The van der Waals surface area contributed by atoms with Crippen LogP contribution in [-0.4, -0.2) is 55.5 Å². The summed E-state index contributed by atoms with van der Waals surface area (Å²) < 4.78 is 15.7. The number of carbonyl (C=O) groups excluding carboxylic acids is 2. The van der Waals surface area contributed by atoms with E-state index in [1.54, 1.807) is 40.0 Å². The second-order valence-corrected chi connectivity index (χ2v) is 5.91. The summed E-state index contributed by atoms with van der Waals surface area (Å²) in [5.41, 5.74) is 1.45. The molecule has 27 heavy (non-hydrogen) atoms. The third-order valence-electron chi connectivity index (χ3n) is 4.23. The first kappa shape index (κ1) is 20.6. The van der Waals surface area contributed by atoms with Gasteiger partial charge in [-0.1, -0.05) is 6.07 Å². The first-order valence-corrected chi connectivity index (χ1v) is 8.85. The van der Waals surface area contributed by atoms with Gasteiger partial charge >= 0.3 is 12.0 Å². The fraction of sp³-hybridized carbons (Fsp3) is 0.474. The van der Waals surface area contributed by atoms with Crippen LogP contribution in [0.1, 0.15) is 32.4 Å². The molecule has 2 amide bonds. The molecule has 1 aliphatic rings. The van der Waals surface area contributed by atoms with Crippen molar-refractivity contribution in [1.29, 1.82) is 0 Å². The molecule has 8 nitrogen and oxygen atoms in total. The molecule has 1 aliphatic heterocycles. The highest BCUT2D eigenvalue weighted by Gasteiger charge is 2.36. The van der Waals surface area contributed by atoms with E-state index in [0.29, 0.717) is 36.6 Å². The maximum atomic E-state index is 12.6. The van der Waals surface area contributed by atoms with Crippen LogP contribution in [0, 0.1) is 0 Å². The summed E-state index contributed by atoms with van der Waals surface area (Å²) in [5, 5.41) is 12.8. The predicted molar refractivity (Wildman–Crippen MR) is 98.5 cm³/mol. The van der Waals surface area contributed by atoms with Crippen molar-refractivity contribution >= 4 is 12.0 Å². The normalized spacial score (nSPS) is 17.0. The van der Waals surface area contributed by atoms with Gasteiger partial charge in [-0.25, -0.2) is 9.59 Å². The lowest BCUT2D eigenvalue weighted by atomic mass is 9.94. The van der Waals surface area contributed by atoms with Crippen LogP contribution in [0.15, 0.2) is 29.5 Å². The quantitative estimate of drug-likeness (QED) is 0.674. The molecule has 0 saturated heterocycles. The number of urea groups is 1. The smallest absolute Gasteiger partial charge is 0.338 e. The molecule has 1 aromatic carbocycles. The summed E-state index contributed by atoms with van der Waals surface area (Å²) in [6.45, 7) is 6.46. The lowest BCUT2D eigenvalue weighted by Crippen LogP contribution is -2.49. The minimum atomic E-state index is -0.713. The van der Waals surface area contributed by atoms with E-state index in [4.69, 9.17) is 14.2 Å². The molecular formula is C19H26N2O6. The second-order valence-electron chi connectivity index (χ2n) is 5.91. The Morgan fingerprint density at radius 1 is 1.30 bits per heavy atom. The zero-order valence-corrected chi connectivity index (χ0v) is 16.1. The zero-order chi connectivity index (χ0) is 20.0. The van der Waals surface area contributed by atoms with E-state index in [1.165, 1.54) is 11.0 Å². The zero-order valence-electron chi connectivity index (χ0n) is 16.1. The molecule has 0 aromatic heterocycles. The van der Waals surface area contributed by atoms with Crippen molar-refractivity contribution in [2.45, 2.75) is 26.8 Å². The molecule has 1 aromatic rings. The van der Waals surface area contributed by atoms with Crippen molar-refractivity contribution in [3.05, 3.63) is 35.0 Å². The molecule has 148 valence electrons. The van der Waals surface area contributed by atoms with Crippen molar-refractivity contribution in [3.8, 4) is 11.5 Å². The number of methoxy groups -OCH3 is 1. The molecule has 1 heterocycles. The Balaban J connectivity index is 2.50. The Morgan fingerprint density at radius 3 is 2.67 bits per heavy atom. The fourth-order valence-corrected chi connectivity index (χ4v) is 2.94. The maximum Gasteiger partial charge on any atom is 0.338 e. The Morgan fingerprint density at radius 2 is 2.04 bits per heavy atom. The number of nitrogens with zero attached hydrogens (tertiary/aromatic N) is 1. The summed E-state index contributed by atoms with van der Waals surface area (Å²) in [7, 11) is 1.54. The van der Waals surface area contributed by atoms with Gasteiger partial charge in [-0.05, 0) is 38.5 Å². The number of aromatic hydroxyl groups is 1. The van der Waals surface area contributed by atoms with Gasteiger partial charge in [0.2, 0.25) is 0 Å². The lowest BCUT2D eigenvalue weighted by molar-refractivity contribution is -0.139. The molecule has 0 bridgehead atoms. The molecule has 0 aliphatic carbocycles. The number of esters is 1. The molecule has 0 fully saturated rings. The summed E-state index contributed by atoms with van der Waals surface area (Å²) in [4.78, 5) is 26.7. The van der Waals surface area contributed by atoms with Crippen LogP contribution in [0.3, 0.4) is 0 Å². The van der Waals surface area contributed by atoms with Crippen molar-refractivity contribution in [3.63, 3.8) is 0 Å². The minimum Gasteiger partial charge on any atom is -0.504 e. The predicted octanol–water partition coefficient (Wildman–Crippen LogP) is 2.34. The Hall–Kier alpha value is -2.74. The van der Waals surface area contributed by atoms with Gasteiger partial charge in [-0.2, -0.15) is 0 Å². The number of phenolic OH excluding ortho intramolecular Hbond substituents is 1. The number of nitrogens with one attached hydrogen (secondary N) is 1. The third kappa shape index (κ3) is 4.51.